The van der Waals surface area contributed by atoms with E-state index < -0.39 is 0 Å². The first-order valence-corrected chi connectivity index (χ1v) is 3.81. The van der Waals surface area contributed by atoms with Crippen molar-refractivity contribution in [1.82, 2.24) is 10.2 Å². The summed E-state index contributed by atoms with van der Waals surface area (Å²) in [5.41, 5.74) is 0. The fraction of sp³-hybridized carbons (Fsp3) is 0.857. The topological polar surface area (TPSA) is 41.6 Å². The lowest BCUT2D eigenvalue weighted by molar-refractivity contribution is 0.0990. The minimum atomic E-state index is -0.223. The Hall–Kier alpha value is -0.480. The van der Waals surface area contributed by atoms with Gasteiger partial charge in [-0.2, -0.15) is 0 Å². The molecule has 1 atom stereocenters. The van der Waals surface area contributed by atoms with Gasteiger partial charge in [0.15, 0.2) is 0 Å². The van der Waals surface area contributed by atoms with Gasteiger partial charge >= 0.3 is 6.09 Å². The van der Waals surface area contributed by atoms with Gasteiger partial charge in [0.2, 0.25) is 0 Å². The van der Waals surface area contributed by atoms with E-state index in [1.807, 2.05) is 6.92 Å². The number of hydrogen-bond donors (Lipinski definition) is 1. The molecule has 0 bridgehead atoms. The van der Waals surface area contributed by atoms with Crippen molar-refractivity contribution in [1.29, 1.82) is 0 Å². The Morgan fingerprint density at radius 3 is 2.83 bits per heavy atom. The van der Waals surface area contributed by atoms with Gasteiger partial charge in [-0.3, -0.25) is 0 Å². The summed E-state index contributed by atoms with van der Waals surface area (Å²) < 4.78 is 4.62. The van der Waals surface area contributed by atoms with Crippen LogP contribution < -0.4 is 5.32 Å². The van der Waals surface area contributed by atoms with Gasteiger partial charge in [-0.1, -0.05) is 0 Å². The van der Waals surface area contributed by atoms with Gasteiger partial charge in [0.1, 0.15) is 0 Å². The van der Waals surface area contributed by atoms with Crippen LogP contribution in [0.1, 0.15) is 6.92 Å². The summed E-state index contributed by atoms with van der Waals surface area (Å²) in [5, 5.41) is 3.19. The quantitative estimate of drug-likeness (QED) is 0.610. The Morgan fingerprint density at radius 1 is 1.67 bits per heavy atom. The minimum absolute atomic E-state index is 0. The first kappa shape index (κ1) is 11.5. The second-order valence-electron chi connectivity index (χ2n) is 2.72. The van der Waals surface area contributed by atoms with E-state index in [-0.39, 0.29) is 24.5 Å². The van der Waals surface area contributed by atoms with Gasteiger partial charge in [0.25, 0.3) is 0 Å². The highest BCUT2D eigenvalue weighted by molar-refractivity contribution is 5.85. The molecule has 4 nitrogen and oxygen atoms in total. The van der Waals surface area contributed by atoms with Crippen molar-refractivity contribution >= 4 is 18.5 Å². The number of piperazine rings is 1. The summed E-state index contributed by atoms with van der Waals surface area (Å²) in [7, 11) is 1.41. The maximum Gasteiger partial charge on any atom is 0.409 e. The molecule has 1 amide bonds. The van der Waals surface area contributed by atoms with Gasteiger partial charge in [0, 0.05) is 25.7 Å². The van der Waals surface area contributed by atoms with Gasteiger partial charge in [-0.05, 0) is 6.92 Å². The third-order valence-corrected chi connectivity index (χ3v) is 1.91. The maximum atomic E-state index is 11.1. The molecule has 72 valence electrons. The fourth-order valence-electron chi connectivity index (χ4n) is 1.23. The molecule has 1 fully saturated rings. The zero-order chi connectivity index (χ0) is 8.27. The van der Waals surface area contributed by atoms with E-state index >= 15 is 0 Å². The molecule has 0 saturated carbocycles. The van der Waals surface area contributed by atoms with Crippen molar-refractivity contribution < 1.29 is 9.53 Å². The monoisotopic (exact) mass is 194 g/mol. The number of methoxy groups -OCH3 is 1. The first-order chi connectivity index (χ1) is 5.25. The third kappa shape index (κ3) is 2.53. The maximum absolute atomic E-state index is 11.1. The predicted molar refractivity (Wildman–Crippen MR) is 48.7 cm³/mol. The molecular formula is C7H15ClN2O2. The number of carbonyl (C=O) groups is 1. The molecule has 1 rings (SSSR count). The van der Waals surface area contributed by atoms with Crippen molar-refractivity contribution in [2.24, 2.45) is 0 Å². The van der Waals surface area contributed by atoms with Crippen molar-refractivity contribution in [2.45, 2.75) is 13.0 Å². The van der Waals surface area contributed by atoms with Crippen LogP contribution in [0.25, 0.3) is 0 Å². The lowest BCUT2D eigenvalue weighted by Gasteiger charge is -2.32. The molecule has 0 aliphatic carbocycles. The summed E-state index contributed by atoms with van der Waals surface area (Å²) in [6.45, 7) is 4.46. The number of rotatable bonds is 0. The van der Waals surface area contributed by atoms with Crippen LogP contribution in [0.4, 0.5) is 4.79 Å². The van der Waals surface area contributed by atoms with E-state index in [2.05, 4.69) is 10.1 Å². The molecular weight excluding hydrogens is 180 g/mol. The van der Waals surface area contributed by atoms with Crippen molar-refractivity contribution in [3.8, 4) is 0 Å². The van der Waals surface area contributed by atoms with Gasteiger partial charge in [0.05, 0.1) is 7.11 Å². The molecule has 5 heteroatoms. The number of halogens is 1. The second kappa shape index (κ2) is 5.22. The normalized spacial score (nSPS) is 22.8. The average molecular weight is 195 g/mol. The Kier molecular flexibility index (Phi) is 5.01. The molecule has 12 heavy (non-hydrogen) atoms. The second-order valence-corrected chi connectivity index (χ2v) is 2.72. The Bertz CT molecular complexity index is 154. The summed E-state index contributed by atoms with van der Waals surface area (Å²) >= 11 is 0. The van der Waals surface area contributed by atoms with Crippen LogP contribution in [0, 0.1) is 0 Å². The number of nitrogens with one attached hydrogen (secondary N) is 1. The van der Waals surface area contributed by atoms with Crippen LogP contribution in [0.2, 0.25) is 0 Å². The third-order valence-electron chi connectivity index (χ3n) is 1.91. The molecule has 0 aromatic heterocycles. The Balaban J connectivity index is 0.00000121. The van der Waals surface area contributed by atoms with E-state index in [1.54, 1.807) is 4.90 Å². The highest BCUT2D eigenvalue weighted by atomic mass is 35.5. The predicted octanol–water partition coefficient (Wildman–Crippen LogP) is 0.468. The summed E-state index contributed by atoms with van der Waals surface area (Å²) in [5.74, 6) is 0. The molecule has 0 aromatic rings. The van der Waals surface area contributed by atoms with Gasteiger partial charge in [-0.25, -0.2) is 4.79 Å². The van der Waals surface area contributed by atoms with Crippen molar-refractivity contribution in [3.63, 3.8) is 0 Å². The van der Waals surface area contributed by atoms with Gasteiger partial charge in [-0.15, -0.1) is 12.4 Å². The number of ether oxygens (including phenoxy) is 1. The van der Waals surface area contributed by atoms with Crippen LogP contribution in [-0.4, -0.2) is 43.8 Å². The Labute approximate surface area is 78.7 Å². The largest absolute Gasteiger partial charge is 0.453 e. The molecule has 0 spiro atoms. The zero-order valence-corrected chi connectivity index (χ0v) is 8.19. The molecule has 1 heterocycles. The molecule has 1 aliphatic rings. The fourth-order valence-corrected chi connectivity index (χ4v) is 1.23. The molecule has 1 unspecified atom stereocenters. The molecule has 0 radical (unpaired) electrons. The van der Waals surface area contributed by atoms with Crippen LogP contribution in [0.3, 0.4) is 0 Å². The number of amides is 1. The minimum Gasteiger partial charge on any atom is -0.453 e. The standard InChI is InChI=1S/C7H14N2O2.ClH/c1-6-5-8-3-4-9(6)7(10)11-2;/h6,8H,3-5H2,1-2H3;1H. The first-order valence-electron chi connectivity index (χ1n) is 3.81. The highest BCUT2D eigenvalue weighted by Crippen LogP contribution is 2.03. The SMILES string of the molecule is COC(=O)N1CCNCC1C.Cl. The molecule has 1 N–H and O–H groups in total. The molecule has 0 aromatic carbocycles. The van der Waals surface area contributed by atoms with E-state index in [1.165, 1.54) is 7.11 Å². The zero-order valence-electron chi connectivity index (χ0n) is 7.37. The van der Waals surface area contributed by atoms with E-state index in [9.17, 15) is 4.79 Å². The molecule has 1 aliphatic heterocycles. The number of nitrogens with zero attached hydrogens (tertiary/aromatic N) is 1. The van der Waals surface area contributed by atoms with Crippen LogP contribution in [0.15, 0.2) is 0 Å². The summed E-state index contributed by atoms with van der Waals surface area (Å²) in [6, 6.07) is 0.246. The van der Waals surface area contributed by atoms with Crippen LogP contribution >= 0.6 is 12.4 Å². The summed E-state index contributed by atoms with van der Waals surface area (Å²) in [6.07, 6.45) is -0.223. The van der Waals surface area contributed by atoms with E-state index in [0.717, 1.165) is 19.6 Å². The van der Waals surface area contributed by atoms with Gasteiger partial charge < -0.3 is 15.0 Å². The lowest BCUT2D eigenvalue weighted by Crippen LogP contribution is -2.52. The van der Waals surface area contributed by atoms with Crippen LogP contribution in [-0.2, 0) is 4.74 Å². The lowest BCUT2D eigenvalue weighted by atomic mass is 10.2. The number of carbonyl (C=O) groups excluding carboxylic acids is 1. The Morgan fingerprint density at radius 2 is 2.33 bits per heavy atom. The summed E-state index contributed by atoms with van der Waals surface area (Å²) in [4.78, 5) is 12.8. The highest BCUT2D eigenvalue weighted by Gasteiger charge is 2.22. The van der Waals surface area contributed by atoms with E-state index in [0.29, 0.717) is 0 Å². The van der Waals surface area contributed by atoms with Crippen molar-refractivity contribution in [2.75, 3.05) is 26.7 Å². The average Bonchev–Trinajstić information content (AvgIpc) is 2.04. The van der Waals surface area contributed by atoms with Crippen molar-refractivity contribution in [3.05, 3.63) is 0 Å². The smallest absolute Gasteiger partial charge is 0.409 e. The molecule has 1 saturated heterocycles. The number of hydrogen-bond acceptors (Lipinski definition) is 3. The van der Waals surface area contributed by atoms with Crippen LogP contribution in [0.5, 0.6) is 0 Å². The van der Waals surface area contributed by atoms with E-state index in [4.69, 9.17) is 0 Å².